The fraction of sp³-hybridized carbons (Fsp3) is 0.533. The number of morpholine rings is 1. The highest BCUT2D eigenvalue weighted by Crippen LogP contribution is 2.18. The first-order valence-corrected chi connectivity index (χ1v) is 7.02. The van der Waals surface area contributed by atoms with Gasteiger partial charge in [-0.25, -0.2) is 0 Å². The smallest absolute Gasteiger partial charge is 0.241 e. The monoisotopic (exact) mass is 349 g/mol. The third kappa shape index (κ3) is 6.10. The maximum absolute atomic E-state index is 11.7. The minimum Gasteiger partial charge on any atom is -0.379 e. The van der Waals surface area contributed by atoms with E-state index in [-0.39, 0.29) is 30.7 Å². The zero-order valence-electron chi connectivity index (χ0n) is 13.0. The molecule has 1 saturated heterocycles. The SMILES string of the molecule is Cc1ccc(CN2CCOCC2)cc1NC(=O)[C@@H](C)N.Cl.Cl. The molecule has 0 spiro atoms. The number of anilines is 1. The molecule has 126 valence electrons. The standard InChI is InChI=1S/C15H23N3O2.2ClH/c1-11-3-4-13(10-18-5-7-20-8-6-18)9-14(11)17-15(19)12(2)16;;/h3-4,9,12H,5-8,10,16H2,1-2H3,(H,17,19);2*1H/t12-;;/m1../s1. The number of nitrogens with zero attached hydrogens (tertiary/aromatic N) is 1. The molecule has 0 unspecified atom stereocenters. The van der Waals surface area contributed by atoms with Gasteiger partial charge in [-0.2, -0.15) is 0 Å². The van der Waals surface area contributed by atoms with E-state index in [9.17, 15) is 4.79 Å². The molecule has 0 bridgehead atoms. The Morgan fingerprint density at radius 1 is 1.36 bits per heavy atom. The van der Waals surface area contributed by atoms with Crippen molar-refractivity contribution in [1.82, 2.24) is 4.90 Å². The van der Waals surface area contributed by atoms with Gasteiger partial charge in [-0.3, -0.25) is 9.69 Å². The second-order valence-corrected chi connectivity index (χ2v) is 5.32. The van der Waals surface area contributed by atoms with Crippen molar-refractivity contribution in [3.05, 3.63) is 29.3 Å². The molecular formula is C15H25Cl2N3O2. The largest absolute Gasteiger partial charge is 0.379 e. The fourth-order valence-corrected chi connectivity index (χ4v) is 2.17. The topological polar surface area (TPSA) is 67.6 Å². The van der Waals surface area contributed by atoms with Crippen molar-refractivity contribution >= 4 is 36.4 Å². The molecule has 1 fully saturated rings. The van der Waals surface area contributed by atoms with Crippen LogP contribution in [0.15, 0.2) is 18.2 Å². The van der Waals surface area contributed by atoms with E-state index in [2.05, 4.69) is 16.3 Å². The lowest BCUT2D eigenvalue weighted by Gasteiger charge is -2.26. The first kappa shape index (κ1) is 21.1. The summed E-state index contributed by atoms with van der Waals surface area (Å²) in [5.41, 5.74) is 8.67. The Labute approximate surface area is 144 Å². The molecule has 7 heteroatoms. The summed E-state index contributed by atoms with van der Waals surface area (Å²) in [4.78, 5) is 14.1. The van der Waals surface area contributed by atoms with Gasteiger partial charge in [0.05, 0.1) is 19.3 Å². The second kappa shape index (κ2) is 10.0. The summed E-state index contributed by atoms with van der Waals surface area (Å²) in [7, 11) is 0. The Bertz CT molecular complexity index is 478. The maximum atomic E-state index is 11.7. The van der Waals surface area contributed by atoms with Crippen molar-refractivity contribution in [2.45, 2.75) is 26.4 Å². The van der Waals surface area contributed by atoms with Crippen LogP contribution in [-0.2, 0) is 16.1 Å². The average Bonchev–Trinajstić information content (AvgIpc) is 2.43. The van der Waals surface area contributed by atoms with Crippen LogP contribution in [0.25, 0.3) is 0 Å². The summed E-state index contributed by atoms with van der Waals surface area (Å²) in [5.74, 6) is -0.156. The van der Waals surface area contributed by atoms with Gasteiger partial charge in [0.25, 0.3) is 0 Å². The van der Waals surface area contributed by atoms with Gasteiger partial charge in [-0.15, -0.1) is 24.8 Å². The van der Waals surface area contributed by atoms with Crippen LogP contribution in [0, 0.1) is 6.92 Å². The number of amides is 1. The number of hydrogen-bond donors (Lipinski definition) is 2. The quantitative estimate of drug-likeness (QED) is 0.871. The highest BCUT2D eigenvalue weighted by Gasteiger charge is 2.13. The van der Waals surface area contributed by atoms with Gasteiger partial charge in [0.2, 0.25) is 5.91 Å². The average molecular weight is 350 g/mol. The highest BCUT2D eigenvalue weighted by molar-refractivity contribution is 5.95. The molecule has 1 aromatic carbocycles. The number of halogens is 2. The van der Waals surface area contributed by atoms with Gasteiger partial charge >= 0.3 is 0 Å². The Kier molecular flexibility index (Phi) is 9.64. The fourth-order valence-electron chi connectivity index (χ4n) is 2.17. The van der Waals surface area contributed by atoms with Crippen LogP contribution < -0.4 is 11.1 Å². The molecule has 0 saturated carbocycles. The number of hydrogen-bond acceptors (Lipinski definition) is 4. The number of benzene rings is 1. The molecule has 5 nitrogen and oxygen atoms in total. The Hall–Kier alpha value is -0.850. The molecule has 0 radical (unpaired) electrons. The molecule has 0 aromatic heterocycles. The summed E-state index contributed by atoms with van der Waals surface area (Å²) in [6.07, 6.45) is 0. The van der Waals surface area contributed by atoms with E-state index in [0.717, 1.165) is 44.1 Å². The molecule has 1 atom stereocenters. The molecule has 2 rings (SSSR count). The number of ether oxygens (including phenoxy) is 1. The van der Waals surface area contributed by atoms with Gasteiger partial charge in [-0.1, -0.05) is 12.1 Å². The molecule has 1 aliphatic heterocycles. The van der Waals surface area contributed by atoms with Crippen LogP contribution in [0.2, 0.25) is 0 Å². The number of nitrogens with two attached hydrogens (primary N) is 1. The number of rotatable bonds is 4. The van der Waals surface area contributed by atoms with Crippen molar-refractivity contribution in [2.75, 3.05) is 31.6 Å². The number of nitrogens with one attached hydrogen (secondary N) is 1. The normalized spacial score (nSPS) is 16.1. The predicted molar refractivity (Wildman–Crippen MR) is 94.1 cm³/mol. The summed E-state index contributed by atoms with van der Waals surface area (Å²) in [6, 6.07) is 5.67. The van der Waals surface area contributed by atoms with E-state index in [4.69, 9.17) is 10.5 Å². The van der Waals surface area contributed by atoms with Crippen molar-refractivity contribution in [3.8, 4) is 0 Å². The summed E-state index contributed by atoms with van der Waals surface area (Å²) < 4.78 is 5.35. The molecule has 0 aliphatic carbocycles. The van der Waals surface area contributed by atoms with Gasteiger partial charge < -0.3 is 15.8 Å². The molecule has 1 aromatic rings. The molecular weight excluding hydrogens is 325 g/mol. The van der Waals surface area contributed by atoms with Gasteiger partial charge in [-0.05, 0) is 31.0 Å². The Morgan fingerprint density at radius 2 is 2.00 bits per heavy atom. The van der Waals surface area contributed by atoms with Gasteiger partial charge in [0, 0.05) is 25.3 Å². The lowest BCUT2D eigenvalue weighted by atomic mass is 10.1. The van der Waals surface area contributed by atoms with E-state index in [1.54, 1.807) is 6.92 Å². The van der Waals surface area contributed by atoms with Crippen molar-refractivity contribution in [2.24, 2.45) is 5.73 Å². The number of aryl methyl sites for hydroxylation is 1. The second-order valence-electron chi connectivity index (χ2n) is 5.32. The van der Waals surface area contributed by atoms with Crippen LogP contribution in [0.5, 0.6) is 0 Å². The third-order valence-corrected chi connectivity index (χ3v) is 3.48. The minimum atomic E-state index is -0.503. The lowest BCUT2D eigenvalue weighted by Crippen LogP contribution is -2.35. The van der Waals surface area contributed by atoms with Gasteiger partial charge in [0.15, 0.2) is 0 Å². The molecule has 1 heterocycles. The minimum absolute atomic E-state index is 0. The van der Waals surface area contributed by atoms with E-state index < -0.39 is 6.04 Å². The van der Waals surface area contributed by atoms with Gasteiger partial charge in [0.1, 0.15) is 0 Å². The van der Waals surface area contributed by atoms with E-state index >= 15 is 0 Å². The first-order chi connectivity index (χ1) is 9.56. The van der Waals surface area contributed by atoms with Crippen LogP contribution in [0.4, 0.5) is 5.69 Å². The van der Waals surface area contributed by atoms with Crippen molar-refractivity contribution in [3.63, 3.8) is 0 Å². The van der Waals surface area contributed by atoms with E-state index in [0.29, 0.717) is 0 Å². The summed E-state index contributed by atoms with van der Waals surface area (Å²) >= 11 is 0. The highest BCUT2D eigenvalue weighted by atomic mass is 35.5. The summed E-state index contributed by atoms with van der Waals surface area (Å²) in [6.45, 7) is 8.04. The van der Waals surface area contributed by atoms with E-state index in [1.165, 1.54) is 5.56 Å². The third-order valence-electron chi connectivity index (χ3n) is 3.48. The predicted octanol–water partition coefficient (Wildman–Crippen LogP) is 1.96. The summed E-state index contributed by atoms with van der Waals surface area (Å²) in [5, 5.41) is 2.88. The van der Waals surface area contributed by atoms with Crippen LogP contribution >= 0.6 is 24.8 Å². The Balaban J connectivity index is 0.00000220. The zero-order chi connectivity index (χ0) is 14.5. The maximum Gasteiger partial charge on any atom is 0.241 e. The van der Waals surface area contributed by atoms with Crippen LogP contribution in [0.3, 0.4) is 0 Å². The molecule has 1 amide bonds. The number of carbonyl (C=O) groups is 1. The lowest BCUT2D eigenvalue weighted by molar-refractivity contribution is -0.117. The van der Waals surface area contributed by atoms with Crippen molar-refractivity contribution < 1.29 is 9.53 Å². The Morgan fingerprint density at radius 3 is 2.59 bits per heavy atom. The van der Waals surface area contributed by atoms with Crippen molar-refractivity contribution in [1.29, 1.82) is 0 Å². The van der Waals surface area contributed by atoms with Crippen LogP contribution in [-0.4, -0.2) is 43.2 Å². The first-order valence-electron chi connectivity index (χ1n) is 7.02. The molecule has 1 aliphatic rings. The molecule has 22 heavy (non-hydrogen) atoms. The molecule has 3 N–H and O–H groups in total. The zero-order valence-corrected chi connectivity index (χ0v) is 14.6. The van der Waals surface area contributed by atoms with E-state index in [1.807, 2.05) is 19.1 Å². The van der Waals surface area contributed by atoms with Crippen LogP contribution in [0.1, 0.15) is 18.1 Å². The number of carbonyl (C=O) groups excluding carboxylic acids is 1.